The molecule has 1 aromatic rings. The molecule has 1 unspecified atom stereocenters. The molecular weight excluding hydrogens is 592 g/mol. The van der Waals surface area contributed by atoms with E-state index in [1.807, 2.05) is 0 Å². The van der Waals surface area contributed by atoms with Crippen molar-refractivity contribution >= 4 is 18.0 Å². The van der Waals surface area contributed by atoms with Crippen molar-refractivity contribution in [3.8, 4) is 11.5 Å². The molecule has 1 atom stereocenters. The van der Waals surface area contributed by atoms with Crippen LogP contribution in [0.3, 0.4) is 0 Å². The van der Waals surface area contributed by atoms with Gasteiger partial charge in [0.2, 0.25) is 0 Å². The van der Waals surface area contributed by atoms with Gasteiger partial charge in [-0.2, -0.15) is 0 Å². The zero-order valence-electron chi connectivity index (χ0n) is 29.7. The zero-order chi connectivity index (χ0) is 33.6. The molecule has 0 aliphatic carbocycles. The summed E-state index contributed by atoms with van der Waals surface area (Å²) in [5, 5.41) is 9.77. The van der Waals surface area contributed by atoms with Crippen molar-refractivity contribution in [2.75, 3.05) is 26.9 Å². The number of rotatable bonds is 5. The van der Waals surface area contributed by atoms with E-state index in [1.165, 1.54) is 148 Å². The van der Waals surface area contributed by atoms with Gasteiger partial charge in [0.15, 0.2) is 11.5 Å². The Morgan fingerprint density at radius 1 is 0.745 bits per heavy atom. The normalized spacial score (nSPS) is 21.2. The Bertz CT molecular complexity index is 960. The average molecular weight is 659 g/mol. The van der Waals surface area contributed by atoms with Crippen LogP contribution >= 0.6 is 0 Å². The van der Waals surface area contributed by atoms with Crippen molar-refractivity contribution in [1.29, 1.82) is 0 Å². The molecule has 0 aromatic heterocycles. The minimum Gasteiger partial charge on any atom is -0.504 e. The predicted octanol–water partition coefficient (Wildman–Crippen LogP) is 10.7. The number of phenolic OH excluding ortho intramolecular Hbond substituents is 1. The molecule has 1 aromatic carbocycles. The Morgan fingerprint density at radius 2 is 1.21 bits per heavy atom. The molecule has 7 heteroatoms. The minimum atomic E-state index is -0.518. The molecule has 0 amide bonds. The molecule has 1 aliphatic heterocycles. The Labute approximate surface area is 286 Å². The first-order valence-corrected chi connectivity index (χ1v) is 19.1. The maximum atomic E-state index is 12.4. The zero-order valence-corrected chi connectivity index (χ0v) is 29.7. The summed E-state index contributed by atoms with van der Waals surface area (Å²) >= 11 is 0. The van der Waals surface area contributed by atoms with Crippen LogP contribution in [0.1, 0.15) is 166 Å². The molecule has 7 nitrogen and oxygen atoms in total. The van der Waals surface area contributed by atoms with Gasteiger partial charge in [-0.1, -0.05) is 147 Å². The number of hydrogen-bond acceptors (Lipinski definition) is 7. The SMILES string of the molecule is COc1cc(C=CC(=O)OCC2COC(=O)CCCCCCCCCCCCCCCCCCCCCCCCCCO2)ccc1O. The van der Waals surface area contributed by atoms with Gasteiger partial charge in [0, 0.05) is 19.1 Å². The first kappa shape index (κ1) is 40.6. The number of benzene rings is 1. The molecule has 1 aliphatic rings. The van der Waals surface area contributed by atoms with E-state index >= 15 is 0 Å². The number of aromatic hydroxyl groups is 1. The van der Waals surface area contributed by atoms with Crippen LogP contribution in [0.4, 0.5) is 0 Å². The van der Waals surface area contributed by atoms with E-state index in [4.69, 9.17) is 18.9 Å². The largest absolute Gasteiger partial charge is 0.504 e. The lowest BCUT2D eigenvalue weighted by atomic mass is 10.0. The number of ether oxygens (including phenoxy) is 4. The van der Waals surface area contributed by atoms with Gasteiger partial charge in [-0.3, -0.25) is 4.79 Å². The Morgan fingerprint density at radius 3 is 1.70 bits per heavy atom. The highest BCUT2D eigenvalue weighted by Gasteiger charge is 2.15. The van der Waals surface area contributed by atoms with Gasteiger partial charge in [-0.15, -0.1) is 0 Å². The monoisotopic (exact) mass is 658 g/mol. The van der Waals surface area contributed by atoms with E-state index in [-0.39, 0.29) is 24.9 Å². The summed E-state index contributed by atoms with van der Waals surface area (Å²) in [6.45, 7) is 0.628. The highest BCUT2D eigenvalue weighted by atomic mass is 16.6. The maximum Gasteiger partial charge on any atom is 0.330 e. The number of carbonyl (C=O) groups excluding carboxylic acids is 2. The minimum absolute atomic E-state index is 0.00928. The summed E-state index contributed by atoms with van der Waals surface area (Å²) in [7, 11) is 1.47. The summed E-state index contributed by atoms with van der Waals surface area (Å²) in [5.74, 6) is -0.379. The van der Waals surface area contributed by atoms with Crippen molar-refractivity contribution in [2.24, 2.45) is 0 Å². The highest BCUT2D eigenvalue weighted by Crippen LogP contribution is 2.26. The third kappa shape index (κ3) is 22.6. The van der Waals surface area contributed by atoms with Crippen molar-refractivity contribution < 1.29 is 33.6 Å². The average Bonchev–Trinajstić information content (AvgIpc) is 3.07. The molecule has 0 spiro atoms. The molecule has 0 radical (unpaired) electrons. The smallest absolute Gasteiger partial charge is 0.330 e. The van der Waals surface area contributed by atoms with Crippen molar-refractivity contribution in [2.45, 2.75) is 167 Å². The van der Waals surface area contributed by atoms with Gasteiger partial charge < -0.3 is 24.1 Å². The Hall–Kier alpha value is -2.54. The lowest BCUT2D eigenvalue weighted by Gasteiger charge is -2.18. The van der Waals surface area contributed by atoms with Crippen LogP contribution in [0.5, 0.6) is 11.5 Å². The molecule has 0 bridgehead atoms. The second-order valence-electron chi connectivity index (χ2n) is 13.3. The van der Waals surface area contributed by atoms with Gasteiger partial charge in [-0.25, -0.2) is 4.79 Å². The molecule has 1 N–H and O–H groups in total. The van der Waals surface area contributed by atoms with Crippen LogP contribution in [-0.2, 0) is 23.8 Å². The van der Waals surface area contributed by atoms with Crippen LogP contribution in [0.2, 0.25) is 0 Å². The first-order valence-electron chi connectivity index (χ1n) is 19.1. The molecular formula is C40H66O7. The number of carbonyl (C=O) groups is 2. The van der Waals surface area contributed by atoms with Crippen molar-refractivity contribution in [3.63, 3.8) is 0 Å². The van der Waals surface area contributed by atoms with Crippen LogP contribution < -0.4 is 4.74 Å². The second kappa shape index (κ2) is 28.5. The van der Waals surface area contributed by atoms with Crippen LogP contribution in [0, 0.1) is 0 Å². The lowest BCUT2D eigenvalue weighted by molar-refractivity contribution is -0.153. The van der Waals surface area contributed by atoms with E-state index in [9.17, 15) is 14.7 Å². The van der Waals surface area contributed by atoms with Gasteiger partial charge in [0.25, 0.3) is 0 Å². The standard InChI is InChI=1S/C40H66O7/c1-44-38-32-35(27-29-37(38)41)28-30-40(43)47-34-36-33-46-39(42)26-24-22-20-18-16-14-12-10-8-6-4-2-3-5-7-9-11-13-15-17-19-21-23-25-31-45-36/h27-30,32,36,41H,2-26,31,33-34H2,1H3. The van der Waals surface area contributed by atoms with E-state index in [1.54, 1.807) is 18.2 Å². The number of esters is 2. The lowest BCUT2D eigenvalue weighted by Crippen LogP contribution is -2.28. The fourth-order valence-corrected chi connectivity index (χ4v) is 6.10. The molecule has 1 fully saturated rings. The maximum absolute atomic E-state index is 12.4. The van der Waals surface area contributed by atoms with E-state index in [2.05, 4.69) is 0 Å². The van der Waals surface area contributed by atoms with Crippen LogP contribution in [-0.4, -0.2) is 50.1 Å². The summed E-state index contributed by atoms with van der Waals surface area (Å²) < 4.78 is 22.1. The summed E-state index contributed by atoms with van der Waals surface area (Å²) in [5.41, 5.74) is 0.694. The third-order valence-electron chi connectivity index (χ3n) is 9.09. The van der Waals surface area contributed by atoms with E-state index in [0.29, 0.717) is 24.3 Å². The number of phenols is 1. The fourth-order valence-electron chi connectivity index (χ4n) is 6.10. The quantitative estimate of drug-likeness (QED) is 0.249. The molecule has 47 heavy (non-hydrogen) atoms. The number of hydrogen-bond donors (Lipinski definition) is 1. The summed E-state index contributed by atoms with van der Waals surface area (Å²) in [6, 6.07) is 4.82. The summed E-state index contributed by atoms with van der Waals surface area (Å²) in [4.78, 5) is 24.9. The summed E-state index contributed by atoms with van der Waals surface area (Å²) in [6.07, 6.45) is 33.6. The first-order chi connectivity index (χ1) is 23.1. The third-order valence-corrected chi connectivity index (χ3v) is 9.09. The highest BCUT2D eigenvalue weighted by molar-refractivity contribution is 5.87. The Kier molecular flexibility index (Phi) is 24.6. The van der Waals surface area contributed by atoms with Gasteiger partial charge in [0.05, 0.1) is 7.11 Å². The molecule has 1 heterocycles. The predicted molar refractivity (Wildman–Crippen MR) is 191 cm³/mol. The van der Waals surface area contributed by atoms with E-state index in [0.717, 1.165) is 25.7 Å². The van der Waals surface area contributed by atoms with Crippen molar-refractivity contribution in [3.05, 3.63) is 29.8 Å². The number of methoxy groups -OCH3 is 1. The van der Waals surface area contributed by atoms with E-state index < -0.39 is 12.1 Å². The van der Waals surface area contributed by atoms with Gasteiger partial charge in [0.1, 0.15) is 19.3 Å². The molecule has 2 rings (SSSR count). The second-order valence-corrected chi connectivity index (χ2v) is 13.3. The Balaban J connectivity index is 1.76. The van der Waals surface area contributed by atoms with Gasteiger partial charge in [-0.05, 0) is 36.6 Å². The molecule has 1 saturated heterocycles. The number of cyclic esters (lactones) is 1. The molecule has 268 valence electrons. The van der Waals surface area contributed by atoms with Crippen molar-refractivity contribution in [1.82, 2.24) is 0 Å². The van der Waals surface area contributed by atoms with Gasteiger partial charge >= 0.3 is 11.9 Å². The fraction of sp³-hybridized carbons (Fsp3) is 0.750. The topological polar surface area (TPSA) is 91.3 Å². The molecule has 0 saturated carbocycles. The van der Waals surface area contributed by atoms with Crippen LogP contribution in [0.25, 0.3) is 6.08 Å². The van der Waals surface area contributed by atoms with Crippen LogP contribution in [0.15, 0.2) is 24.3 Å².